The van der Waals surface area contributed by atoms with Crippen molar-refractivity contribution in [2.75, 3.05) is 18.4 Å². The Kier molecular flexibility index (Phi) is 6.50. The third-order valence-corrected chi connectivity index (χ3v) is 6.95. The topological polar surface area (TPSA) is 135 Å². The highest BCUT2D eigenvalue weighted by atomic mass is 32.2. The third kappa shape index (κ3) is 5.17. The minimum absolute atomic E-state index is 0.0712. The van der Waals surface area contributed by atoms with Crippen molar-refractivity contribution in [1.82, 2.24) is 24.1 Å². The average molecular weight is 545 g/mol. The van der Waals surface area contributed by atoms with Crippen molar-refractivity contribution in [2.24, 2.45) is 0 Å². The number of nitrogens with zero attached hydrogens (tertiary/aromatic N) is 4. The van der Waals surface area contributed by atoms with E-state index in [1.807, 2.05) is 0 Å². The number of benzene rings is 2. The molecule has 3 aromatic heterocycles. The van der Waals surface area contributed by atoms with Crippen LogP contribution in [0.15, 0.2) is 82.6 Å². The van der Waals surface area contributed by atoms with Crippen LogP contribution in [0.2, 0.25) is 0 Å². The Morgan fingerprint density at radius 2 is 1.82 bits per heavy atom. The monoisotopic (exact) mass is 544 g/mol. The molecule has 3 heterocycles. The predicted octanol–water partition coefficient (Wildman–Crippen LogP) is 4.17. The maximum atomic E-state index is 12.7. The SMILES string of the molecule is O=S(=O)(NCCNc1nccc(-c2c(-c3cccc(O)c3)nc3occn23)n1)c1ccc(C(F)(F)F)cc1. The van der Waals surface area contributed by atoms with Crippen molar-refractivity contribution in [3.05, 3.63) is 78.8 Å². The standard InChI is InChI=1S/C24H19F3N6O4S/c25-24(26,27)16-4-6-18(7-5-16)38(35,36)30-11-10-29-22-28-9-8-19(31-22)21-20(15-2-1-3-17(34)14-15)32-23-33(21)12-13-37-23/h1-9,12-14,30,34H,10-11H2,(H,28,29,31). The number of imidazole rings is 1. The smallest absolute Gasteiger partial charge is 0.416 e. The first kappa shape index (κ1) is 25.2. The van der Waals surface area contributed by atoms with Crippen LogP contribution in [-0.2, 0) is 16.2 Å². The number of aromatic nitrogens is 4. The molecule has 0 atom stereocenters. The van der Waals surface area contributed by atoms with Gasteiger partial charge in [0.05, 0.1) is 16.2 Å². The van der Waals surface area contributed by atoms with E-state index < -0.39 is 21.8 Å². The number of oxazole rings is 1. The van der Waals surface area contributed by atoms with Gasteiger partial charge in [0.1, 0.15) is 23.4 Å². The Balaban J connectivity index is 1.30. The van der Waals surface area contributed by atoms with Crippen LogP contribution >= 0.6 is 0 Å². The first-order valence-electron chi connectivity index (χ1n) is 11.1. The lowest BCUT2D eigenvalue weighted by molar-refractivity contribution is -0.137. The highest BCUT2D eigenvalue weighted by Gasteiger charge is 2.30. The van der Waals surface area contributed by atoms with Gasteiger partial charge in [0.2, 0.25) is 16.0 Å². The maximum Gasteiger partial charge on any atom is 0.416 e. The van der Waals surface area contributed by atoms with E-state index in [1.54, 1.807) is 40.9 Å². The Morgan fingerprint density at radius 3 is 2.55 bits per heavy atom. The number of phenolic OH excluding ortho intramolecular Hbond substituents is 1. The van der Waals surface area contributed by atoms with E-state index in [1.165, 1.54) is 12.5 Å². The summed E-state index contributed by atoms with van der Waals surface area (Å²) in [6.07, 6.45) is 0.108. The first-order chi connectivity index (χ1) is 18.1. The van der Waals surface area contributed by atoms with E-state index in [0.29, 0.717) is 40.6 Å². The molecule has 0 aliphatic rings. The van der Waals surface area contributed by atoms with Crippen LogP contribution < -0.4 is 10.0 Å². The van der Waals surface area contributed by atoms with E-state index in [0.717, 1.165) is 12.1 Å². The summed E-state index contributed by atoms with van der Waals surface area (Å²) in [5.74, 6) is 0.600. The molecule has 0 unspecified atom stereocenters. The van der Waals surface area contributed by atoms with Crippen LogP contribution in [0.3, 0.4) is 0 Å². The molecule has 196 valence electrons. The number of nitrogens with one attached hydrogen (secondary N) is 2. The molecular weight excluding hydrogens is 525 g/mol. The maximum absolute atomic E-state index is 12.7. The number of rotatable bonds is 8. The van der Waals surface area contributed by atoms with Gasteiger partial charge in [-0.05, 0) is 42.5 Å². The number of hydrogen-bond donors (Lipinski definition) is 3. The molecule has 0 radical (unpaired) electrons. The minimum atomic E-state index is -4.56. The number of halogens is 3. The van der Waals surface area contributed by atoms with Crippen molar-refractivity contribution >= 4 is 21.8 Å². The summed E-state index contributed by atoms with van der Waals surface area (Å²) in [5.41, 5.74) is 1.31. The van der Waals surface area contributed by atoms with Gasteiger partial charge in [-0.15, -0.1) is 0 Å². The van der Waals surface area contributed by atoms with Crippen LogP contribution in [0.1, 0.15) is 5.56 Å². The van der Waals surface area contributed by atoms with Gasteiger partial charge in [-0.1, -0.05) is 12.1 Å². The normalized spacial score (nSPS) is 12.2. The molecule has 14 heteroatoms. The van der Waals surface area contributed by atoms with Gasteiger partial charge >= 0.3 is 12.0 Å². The molecule has 0 saturated carbocycles. The fourth-order valence-corrected chi connectivity index (χ4v) is 4.76. The largest absolute Gasteiger partial charge is 0.508 e. The quantitative estimate of drug-likeness (QED) is 0.248. The van der Waals surface area contributed by atoms with E-state index in [-0.39, 0.29) is 29.7 Å². The summed E-state index contributed by atoms with van der Waals surface area (Å²) in [4.78, 5) is 12.9. The summed E-state index contributed by atoms with van der Waals surface area (Å²) in [6.45, 7) is 0.0143. The predicted molar refractivity (Wildman–Crippen MR) is 131 cm³/mol. The molecule has 5 aromatic rings. The molecule has 0 aliphatic heterocycles. The summed E-state index contributed by atoms with van der Waals surface area (Å²) in [6, 6.07) is 11.5. The molecule has 0 fully saturated rings. The molecule has 38 heavy (non-hydrogen) atoms. The molecule has 0 spiro atoms. The fraction of sp³-hybridized carbons (Fsp3) is 0.125. The lowest BCUT2D eigenvalue weighted by Crippen LogP contribution is -2.29. The molecule has 2 aromatic carbocycles. The number of phenols is 1. The van der Waals surface area contributed by atoms with E-state index in [2.05, 4.69) is 25.0 Å². The molecule has 0 saturated heterocycles. The van der Waals surface area contributed by atoms with E-state index in [9.17, 15) is 26.7 Å². The van der Waals surface area contributed by atoms with Crippen LogP contribution in [0, 0.1) is 0 Å². The average Bonchev–Trinajstić information content (AvgIpc) is 3.48. The Hall–Kier alpha value is -4.43. The molecule has 0 bridgehead atoms. The third-order valence-electron chi connectivity index (χ3n) is 5.47. The second kappa shape index (κ2) is 9.79. The van der Waals surface area contributed by atoms with Gasteiger partial charge in [0.15, 0.2) is 0 Å². The minimum Gasteiger partial charge on any atom is -0.508 e. The number of anilines is 1. The summed E-state index contributed by atoms with van der Waals surface area (Å²) in [7, 11) is -4.02. The van der Waals surface area contributed by atoms with Crippen molar-refractivity contribution in [2.45, 2.75) is 11.1 Å². The van der Waals surface area contributed by atoms with Crippen molar-refractivity contribution in [3.63, 3.8) is 0 Å². The van der Waals surface area contributed by atoms with Crippen LogP contribution in [0.5, 0.6) is 5.75 Å². The van der Waals surface area contributed by atoms with Crippen LogP contribution in [-0.4, -0.2) is 46.0 Å². The summed E-state index contributed by atoms with van der Waals surface area (Å²) >= 11 is 0. The second-order valence-corrected chi connectivity index (χ2v) is 9.79. The highest BCUT2D eigenvalue weighted by molar-refractivity contribution is 7.89. The molecule has 10 nitrogen and oxygen atoms in total. The second-order valence-electron chi connectivity index (χ2n) is 8.03. The summed E-state index contributed by atoms with van der Waals surface area (Å²) < 4.78 is 72.5. The first-order valence-corrected chi connectivity index (χ1v) is 12.6. The zero-order chi connectivity index (χ0) is 26.9. The van der Waals surface area contributed by atoms with Crippen molar-refractivity contribution in [3.8, 4) is 28.4 Å². The van der Waals surface area contributed by atoms with Gasteiger partial charge in [-0.3, -0.25) is 4.40 Å². The highest BCUT2D eigenvalue weighted by Crippen LogP contribution is 2.33. The molecule has 0 aliphatic carbocycles. The Bertz CT molecular complexity index is 1700. The van der Waals surface area contributed by atoms with Crippen molar-refractivity contribution < 1.29 is 31.1 Å². The van der Waals surface area contributed by atoms with E-state index in [4.69, 9.17) is 4.42 Å². The Morgan fingerprint density at radius 1 is 1.03 bits per heavy atom. The molecular formula is C24H19F3N6O4S. The number of fused-ring (bicyclic) bond motifs is 1. The Labute approximate surface area is 213 Å². The zero-order valence-electron chi connectivity index (χ0n) is 19.3. The van der Waals surface area contributed by atoms with Crippen molar-refractivity contribution in [1.29, 1.82) is 0 Å². The zero-order valence-corrected chi connectivity index (χ0v) is 20.2. The number of alkyl halides is 3. The lowest BCUT2D eigenvalue weighted by Gasteiger charge is -2.10. The van der Waals surface area contributed by atoms with Crippen LogP contribution in [0.25, 0.3) is 28.5 Å². The van der Waals surface area contributed by atoms with Gasteiger partial charge in [0, 0.05) is 31.0 Å². The molecule has 0 amide bonds. The molecule has 3 N–H and O–H groups in total. The lowest BCUT2D eigenvalue weighted by atomic mass is 10.1. The van der Waals surface area contributed by atoms with Gasteiger partial charge < -0.3 is 14.8 Å². The summed E-state index contributed by atoms with van der Waals surface area (Å²) in [5, 5.41) is 12.8. The van der Waals surface area contributed by atoms with E-state index >= 15 is 0 Å². The number of sulfonamides is 1. The van der Waals surface area contributed by atoms with Gasteiger partial charge in [-0.2, -0.15) is 18.2 Å². The van der Waals surface area contributed by atoms with Gasteiger partial charge in [0.25, 0.3) is 0 Å². The molecule has 5 rings (SSSR count). The fourth-order valence-electron chi connectivity index (χ4n) is 3.73. The number of hydrogen-bond acceptors (Lipinski definition) is 8. The van der Waals surface area contributed by atoms with Crippen LogP contribution in [0.4, 0.5) is 19.1 Å². The number of aromatic hydroxyl groups is 1. The van der Waals surface area contributed by atoms with Gasteiger partial charge in [-0.25, -0.2) is 23.1 Å².